The molecule has 1 aromatic rings. The first-order valence-corrected chi connectivity index (χ1v) is 8.31. The lowest BCUT2D eigenvalue weighted by Gasteiger charge is -2.38. The summed E-state index contributed by atoms with van der Waals surface area (Å²) in [5, 5.41) is 0. The van der Waals surface area contributed by atoms with Crippen molar-refractivity contribution < 1.29 is 4.74 Å². The topological polar surface area (TPSA) is 38.5 Å². The summed E-state index contributed by atoms with van der Waals surface area (Å²) in [5.41, 5.74) is 9.25. The molecule has 3 rings (SSSR count). The minimum atomic E-state index is 0.131. The minimum absolute atomic E-state index is 0.131. The van der Waals surface area contributed by atoms with Gasteiger partial charge in [0.2, 0.25) is 0 Å². The van der Waals surface area contributed by atoms with E-state index in [1.165, 1.54) is 43.4 Å². The maximum absolute atomic E-state index is 6.57. The van der Waals surface area contributed by atoms with Crippen LogP contribution in [0.1, 0.15) is 49.3 Å². The van der Waals surface area contributed by atoms with Crippen LogP contribution in [-0.2, 0) is 6.42 Å². The lowest BCUT2D eigenvalue weighted by molar-refractivity contribution is 0.166. The quantitative estimate of drug-likeness (QED) is 0.925. The maximum Gasteiger partial charge on any atom is 0.119 e. The second-order valence-electron chi connectivity index (χ2n) is 6.79. The van der Waals surface area contributed by atoms with E-state index in [4.69, 9.17) is 10.5 Å². The van der Waals surface area contributed by atoms with Gasteiger partial charge in [-0.1, -0.05) is 18.9 Å². The third kappa shape index (κ3) is 3.09. The first-order valence-electron chi connectivity index (χ1n) is 8.31. The van der Waals surface area contributed by atoms with Crippen molar-refractivity contribution in [2.45, 2.75) is 50.6 Å². The highest BCUT2D eigenvalue weighted by atomic mass is 16.5. The molecule has 2 atom stereocenters. The summed E-state index contributed by atoms with van der Waals surface area (Å²) in [6.07, 6.45) is 7.90. The number of nitrogens with two attached hydrogens (primary N) is 1. The number of likely N-dealkylation sites (N-methyl/N-ethyl adjacent to an activating group) is 1. The summed E-state index contributed by atoms with van der Waals surface area (Å²) in [4.78, 5) is 2.52. The van der Waals surface area contributed by atoms with Gasteiger partial charge in [0, 0.05) is 18.6 Å². The normalized spacial score (nSPS) is 26.1. The van der Waals surface area contributed by atoms with Crippen molar-refractivity contribution in [1.29, 1.82) is 0 Å². The molecule has 0 heterocycles. The lowest BCUT2D eigenvalue weighted by Crippen LogP contribution is -2.45. The van der Waals surface area contributed by atoms with E-state index < -0.39 is 0 Å². The van der Waals surface area contributed by atoms with Crippen molar-refractivity contribution >= 4 is 0 Å². The largest absolute Gasteiger partial charge is 0.497 e. The Balaban J connectivity index is 1.70. The van der Waals surface area contributed by atoms with Gasteiger partial charge in [-0.15, -0.1) is 0 Å². The van der Waals surface area contributed by atoms with Crippen LogP contribution in [0.3, 0.4) is 0 Å². The van der Waals surface area contributed by atoms with E-state index in [2.05, 4.69) is 24.1 Å². The van der Waals surface area contributed by atoms with Gasteiger partial charge in [0.1, 0.15) is 5.75 Å². The second-order valence-corrected chi connectivity index (χ2v) is 6.79. The number of nitrogens with zero attached hydrogens (tertiary/aromatic N) is 1. The molecular formula is C18H28N2O. The molecule has 1 fully saturated rings. The Hall–Kier alpha value is -1.06. The summed E-state index contributed by atoms with van der Waals surface area (Å²) in [7, 11) is 3.99. The Morgan fingerprint density at radius 3 is 2.71 bits per heavy atom. The molecule has 3 heteroatoms. The molecule has 3 nitrogen and oxygen atoms in total. The number of aryl methyl sites for hydroxylation is 1. The third-order valence-corrected chi connectivity index (χ3v) is 5.42. The zero-order valence-corrected chi connectivity index (χ0v) is 13.3. The molecule has 1 saturated carbocycles. The molecule has 2 unspecified atom stereocenters. The van der Waals surface area contributed by atoms with Crippen LogP contribution < -0.4 is 10.5 Å². The van der Waals surface area contributed by atoms with Crippen LogP contribution in [0.25, 0.3) is 0 Å². The van der Waals surface area contributed by atoms with E-state index in [1.807, 2.05) is 6.07 Å². The molecule has 2 aliphatic carbocycles. The summed E-state index contributed by atoms with van der Waals surface area (Å²) >= 11 is 0. The molecular weight excluding hydrogens is 260 g/mol. The number of hydrogen-bond donors (Lipinski definition) is 1. The highest BCUT2D eigenvalue weighted by Crippen LogP contribution is 2.34. The zero-order chi connectivity index (χ0) is 14.8. The first kappa shape index (κ1) is 14.9. The van der Waals surface area contributed by atoms with Crippen LogP contribution in [-0.4, -0.2) is 31.6 Å². The molecule has 21 heavy (non-hydrogen) atoms. The molecule has 0 saturated heterocycles. The summed E-state index contributed by atoms with van der Waals surface area (Å²) in [6, 6.07) is 6.96. The Bertz CT molecular complexity index is 482. The van der Waals surface area contributed by atoms with Gasteiger partial charge in [0.05, 0.1) is 7.11 Å². The molecule has 0 aromatic heterocycles. The van der Waals surface area contributed by atoms with Gasteiger partial charge in [0.15, 0.2) is 0 Å². The Kier molecular flexibility index (Phi) is 4.51. The van der Waals surface area contributed by atoms with Crippen LogP contribution in [0.5, 0.6) is 5.75 Å². The van der Waals surface area contributed by atoms with Crippen molar-refractivity contribution in [2.24, 2.45) is 11.7 Å². The van der Waals surface area contributed by atoms with Crippen LogP contribution in [0.4, 0.5) is 0 Å². The zero-order valence-electron chi connectivity index (χ0n) is 13.3. The summed E-state index contributed by atoms with van der Waals surface area (Å²) in [5.74, 6) is 1.83. The van der Waals surface area contributed by atoms with Gasteiger partial charge in [-0.2, -0.15) is 0 Å². The van der Waals surface area contributed by atoms with Crippen molar-refractivity contribution in [3.05, 3.63) is 29.3 Å². The number of methoxy groups -OCH3 is 1. The van der Waals surface area contributed by atoms with Crippen molar-refractivity contribution in [3.63, 3.8) is 0 Å². The smallest absolute Gasteiger partial charge is 0.119 e. The van der Waals surface area contributed by atoms with Crippen LogP contribution >= 0.6 is 0 Å². The molecule has 0 bridgehead atoms. The monoisotopic (exact) mass is 288 g/mol. The van der Waals surface area contributed by atoms with Gasteiger partial charge in [0.25, 0.3) is 0 Å². The molecule has 2 aliphatic rings. The number of rotatable bonds is 4. The Morgan fingerprint density at radius 1 is 1.24 bits per heavy atom. The molecule has 1 aromatic carbocycles. The Morgan fingerprint density at radius 2 is 2.00 bits per heavy atom. The van der Waals surface area contributed by atoms with Gasteiger partial charge in [-0.3, -0.25) is 0 Å². The molecule has 0 spiro atoms. The van der Waals surface area contributed by atoms with Gasteiger partial charge >= 0.3 is 0 Å². The minimum Gasteiger partial charge on any atom is -0.497 e. The molecule has 0 aliphatic heterocycles. The summed E-state index contributed by atoms with van der Waals surface area (Å²) < 4.78 is 5.33. The van der Waals surface area contributed by atoms with E-state index in [0.29, 0.717) is 6.04 Å². The molecule has 0 amide bonds. The van der Waals surface area contributed by atoms with Crippen molar-refractivity contribution in [2.75, 3.05) is 20.7 Å². The molecule has 0 radical (unpaired) electrons. The fraction of sp³-hybridized carbons (Fsp3) is 0.667. The third-order valence-electron chi connectivity index (χ3n) is 5.42. The van der Waals surface area contributed by atoms with Crippen LogP contribution in [0.15, 0.2) is 18.2 Å². The maximum atomic E-state index is 6.57. The fourth-order valence-electron chi connectivity index (χ4n) is 4.17. The van der Waals surface area contributed by atoms with Gasteiger partial charge < -0.3 is 15.4 Å². The van der Waals surface area contributed by atoms with E-state index in [9.17, 15) is 0 Å². The van der Waals surface area contributed by atoms with E-state index >= 15 is 0 Å². The lowest BCUT2D eigenvalue weighted by atomic mass is 9.83. The van der Waals surface area contributed by atoms with E-state index in [0.717, 1.165) is 24.5 Å². The predicted molar refractivity (Wildman–Crippen MR) is 86.6 cm³/mol. The van der Waals surface area contributed by atoms with Crippen LogP contribution in [0.2, 0.25) is 0 Å². The number of benzene rings is 1. The number of hydrogen-bond acceptors (Lipinski definition) is 3. The first-order chi connectivity index (χ1) is 10.2. The van der Waals surface area contributed by atoms with Gasteiger partial charge in [-0.05, 0) is 61.9 Å². The highest BCUT2D eigenvalue weighted by molar-refractivity contribution is 5.40. The summed E-state index contributed by atoms with van der Waals surface area (Å²) in [6.45, 7) is 1.21. The second kappa shape index (κ2) is 6.37. The SMILES string of the molecule is COc1ccc2c(c1)CCC(N(C)CC1CCCC1)C2N. The number of fused-ring (bicyclic) bond motifs is 1. The predicted octanol–water partition coefficient (Wildman–Crippen LogP) is 3.13. The molecule has 116 valence electrons. The van der Waals surface area contributed by atoms with Crippen LogP contribution in [0, 0.1) is 5.92 Å². The average molecular weight is 288 g/mol. The average Bonchev–Trinajstić information content (AvgIpc) is 3.00. The van der Waals surface area contributed by atoms with Crippen molar-refractivity contribution in [3.8, 4) is 5.75 Å². The van der Waals surface area contributed by atoms with Crippen molar-refractivity contribution in [1.82, 2.24) is 4.90 Å². The highest BCUT2D eigenvalue weighted by Gasteiger charge is 2.31. The van der Waals surface area contributed by atoms with E-state index in [1.54, 1.807) is 7.11 Å². The van der Waals surface area contributed by atoms with E-state index in [-0.39, 0.29) is 6.04 Å². The fourth-order valence-corrected chi connectivity index (χ4v) is 4.17. The number of ether oxygens (including phenoxy) is 1. The standard InChI is InChI=1S/C18H28N2O/c1-20(12-13-5-3-4-6-13)17-10-7-14-11-15(21-2)8-9-16(14)18(17)19/h8-9,11,13,17-18H,3-7,10,12,19H2,1-2H3. The van der Waals surface area contributed by atoms with Gasteiger partial charge in [-0.25, -0.2) is 0 Å². The Labute approximate surface area is 128 Å². The molecule has 2 N–H and O–H groups in total.